The van der Waals surface area contributed by atoms with Crippen LogP contribution >= 0.6 is 11.3 Å². The number of ether oxygens (including phenoxy) is 1. The van der Waals surface area contributed by atoms with E-state index in [1.54, 1.807) is 24.7 Å². The first-order valence-corrected chi connectivity index (χ1v) is 7.23. The third-order valence-corrected chi connectivity index (χ3v) is 3.72. The van der Waals surface area contributed by atoms with Gasteiger partial charge in [-0.25, -0.2) is 0 Å². The largest absolute Gasteiger partial charge is 0.469 e. The van der Waals surface area contributed by atoms with Gasteiger partial charge < -0.3 is 14.5 Å². The zero-order valence-corrected chi connectivity index (χ0v) is 11.9. The van der Waals surface area contributed by atoms with Crippen LogP contribution in [0.1, 0.15) is 15.8 Å². The lowest BCUT2D eigenvalue weighted by Crippen LogP contribution is -2.21. The van der Waals surface area contributed by atoms with Gasteiger partial charge in [-0.2, -0.15) is 0 Å². The minimum absolute atomic E-state index is 0.741. The van der Waals surface area contributed by atoms with E-state index in [-0.39, 0.29) is 0 Å². The Labute approximate surface area is 117 Å². The molecule has 5 nitrogen and oxygen atoms in total. The molecule has 0 amide bonds. The second kappa shape index (κ2) is 8.04. The maximum absolute atomic E-state index is 5.30. The predicted octanol–water partition coefficient (Wildman–Crippen LogP) is 1.69. The highest BCUT2D eigenvalue weighted by molar-refractivity contribution is 7.11. The Bertz CT molecular complexity index is 456. The molecule has 0 saturated carbocycles. The molecule has 19 heavy (non-hydrogen) atoms. The van der Waals surface area contributed by atoms with Crippen LogP contribution in [-0.4, -0.2) is 37.0 Å². The maximum Gasteiger partial charge on any atom is 0.118 e. The minimum Gasteiger partial charge on any atom is -0.469 e. The van der Waals surface area contributed by atoms with Gasteiger partial charge in [-0.15, -0.1) is 21.5 Å². The fourth-order valence-corrected chi connectivity index (χ4v) is 2.51. The molecule has 2 aromatic rings. The van der Waals surface area contributed by atoms with E-state index in [9.17, 15) is 0 Å². The molecule has 0 aliphatic heterocycles. The third-order valence-electron chi connectivity index (χ3n) is 2.67. The molecule has 0 aromatic carbocycles. The normalized spacial score (nSPS) is 11.0. The number of nitrogens with zero attached hydrogens (tertiary/aromatic N) is 2. The molecule has 0 atom stereocenters. The average Bonchev–Trinajstić information content (AvgIpc) is 3.07. The topological polar surface area (TPSA) is 60.2 Å². The number of aryl methyl sites for hydroxylation is 2. The van der Waals surface area contributed by atoms with Gasteiger partial charge >= 0.3 is 0 Å². The summed E-state index contributed by atoms with van der Waals surface area (Å²) in [6.07, 6.45) is 4.39. The molecule has 0 fully saturated rings. The minimum atomic E-state index is 0.741. The lowest BCUT2D eigenvalue weighted by atomic mass is 10.2. The molecule has 0 unspecified atom stereocenters. The molecule has 1 N–H and O–H groups in total. The van der Waals surface area contributed by atoms with E-state index in [1.807, 2.05) is 12.1 Å². The first-order valence-electron chi connectivity index (χ1n) is 6.42. The highest BCUT2D eigenvalue weighted by Crippen LogP contribution is 2.13. The first kappa shape index (κ1) is 14.2. The van der Waals surface area contributed by atoms with Gasteiger partial charge in [0.25, 0.3) is 0 Å². The number of hydrogen-bond donors (Lipinski definition) is 1. The summed E-state index contributed by atoms with van der Waals surface area (Å²) in [6, 6.07) is 3.90. The molecule has 2 rings (SSSR count). The van der Waals surface area contributed by atoms with E-state index in [0.29, 0.717) is 0 Å². The summed E-state index contributed by atoms with van der Waals surface area (Å²) in [4.78, 5) is 0. The number of hydrogen-bond acceptors (Lipinski definition) is 6. The van der Waals surface area contributed by atoms with Gasteiger partial charge in [0.05, 0.1) is 12.9 Å². The lowest BCUT2D eigenvalue weighted by molar-refractivity contribution is 0.199. The molecule has 6 heteroatoms. The molecule has 2 heterocycles. The molecule has 104 valence electrons. The van der Waals surface area contributed by atoms with Crippen LogP contribution in [0.5, 0.6) is 0 Å². The van der Waals surface area contributed by atoms with Crippen molar-refractivity contribution in [3.8, 4) is 0 Å². The van der Waals surface area contributed by atoms with Crippen molar-refractivity contribution in [2.45, 2.75) is 19.3 Å². The highest BCUT2D eigenvalue weighted by atomic mass is 32.1. The van der Waals surface area contributed by atoms with Crippen molar-refractivity contribution in [1.29, 1.82) is 0 Å². The van der Waals surface area contributed by atoms with Crippen molar-refractivity contribution in [3.05, 3.63) is 34.2 Å². The van der Waals surface area contributed by atoms with Crippen molar-refractivity contribution >= 4 is 11.3 Å². The van der Waals surface area contributed by atoms with Crippen LogP contribution in [0.15, 0.2) is 22.8 Å². The second-order valence-electron chi connectivity index (χ2n) is 4.16. The fourth-order valence-electron chi connectivity index (χ4n) is 1.67. The molecular formula is C13H19N3O2S. The Kier molecular flexibility index (Phi) is 6.00. The summed E-state index contributed by atoms with van der Waals surface area (Å²) in [7, 11) is 1.71. The summed E-state index contributed by atoms with van der Waals surface area (Å²) >= 11 is 1.68. The quantitative estimate of drug-likeness (QED) is 0.709. The van der Waals surface area contributed by atoms with Crippen molar-refractivity contribution in [2.24, 2.45) is 0 Å². The third kappa shape index (κ3) is 5.10. The van der Waals surface area contributed by atoms with Crippen LogP contribution in [0, 0.1) is 0 Å². The number of nitrogens with one attached hydrogen (secondary N) is 1. The van der Waals surface area contributed by atoms with Gasteiger partial charge in [-0.1, -0.05) is 0 Å². The number of rotatable bonds is 9. The fraction of sp³-hybridized carbons (Fsp3) is 0.538. The highest BCUT2D eigenvalue weighted by Gasteiger charge is 2.05. The summed E-state index contributed by atoms with van der Waals surface area (Å²) in [6.45, 7) is 2.53. The standard InChI is InChI=1S/C13H19N3O2S/c1-17-10-8-14-7-6-13-16-15-12(19-13)5-4-11-3-2-9-18-11/h2-3,9,14H,4-8,10H2,1H3. The first-order chi connectivity index (χ1) is 9.38. The smallest absolute Gasteiger partial charge is 0.118 e. The molecule has 0 spiro atoms. The van der Waals surface area contributed by atoms with Gasteiger partial charge in [0.2, 0.25) is 0 Å². The number of aromatic nitrogens is 2. The Balaban J connectivity index is 1.67. The molecule has 0 radical (unpaired) electrons. The summed E-state index contributed by atoms with van der Waals surface area (Å²) in [5.74, 6) is 0.998. The monoisotopic (exact) mass is 281 g/mol. The second-order valence-corrected chi connectivity index (χ2v) is 5.31. The zero-order chi connectivity index (χ0) is 13.3. The molecule has 0 aliphatic carbocycles. The Morgan fingerprint density at radius 2 is 2.05 bits per heavy atom. The van der Waals surface area contributed by atoms with Crippen LogP contribution in [0.2, 0.25) is 0 Å². The number of furan rings is 1. The van der Waals surface area contributed by atoms with Crippen LogP contribution < -0.4 is 5.32 Å². The van der Waals surface area contributed by atoms with E-state index in [0.717, 1.165) is 54.7 Å². The molecule has 2 aromatic heterocycles. The van der Waals surface area contributed by atoms with Crippen LogP contribution in [0.3, 0.4) is 0 Å². The molecule has 0 saturated heterocycles. The summed E-state index contributed by atoms with van der Waals surface area (Å²) in [5, 5.41) is 13.9. The van der Waals surface area contributed by atoms with Gasteiger partial charge in [0, 0.05) is 39.5 Å². The Morgan fingerprint density at radius 1 is 1.21 bits per heavy atom. The van der Waals surface area contributed by atoms with Crippen molar-refractivity contribution < 1.29 is 9.15 Å². The van der Waals surface area contributed by atoms with E-state index in [1.165, 1.54) is 0 Å². The number of methoxy groups -OCH3 is 1. The van der Waals surface area contributed by atoms with Crippen molar-refractivity contribution in [2.75, 3.05) is 26.8 Å². The van der Waals surface area contributed by atoms with E-state index < -0.39 is 0 Å². The lowest BCUT2D eigenvalue weighted by Gasteiger charge is -2.00. The van der Waals surface area contributed by atoms with Crippen LogP contribution in [0.25, 0.3) is 0 Å². The SMILES string of the molecule is COCCNCCc1nnc(CCc2ccco2)s1. The van der Waals surface area contributed by atoms with E-state index in [2.05, 4.69) is 15.5 Å². The average molecular weight is 281 g/mol. The summed E-state index contributed by atoms with van der Waals surface area (Å²) < 4.78 is 10.3. The molecule has 0 bridgehead atoms. The van der Waals surface area contributed by atoms with Crippen molar-refractivity contribution in [3.63, 3.8) is 0 Å². The Morgan fingerprint density at radius 3 is 2.79 bits per heavy atom. The van der Waals surface area contributed by atoms with Gasteiger partial charge in [0.15, 0.2) is 0 Å². The Hall–Kier alpha value is -1.24. The van der Waals surface area contributed by atoms with Crippen LogP contribution in [0.4, 0.5) is 0 Å². The maximum atomic E-state index is 5.30. The molecule has 0 aliphatic rings. The van der Waals surface area contributed by atoms with Gasteiger partial charge in [0.1, 0.15) is 15.8 Å². The molecular weight excluding hydrogens is 262 g/mol. The van der Waals surface area contributed by atoms with Crippen LogP contribution in [-0.2, 0) is 24.0 Å². The zero-order valence-electron chi connectivity index (χ0n) is 11.1. The van der Waals surface area contributed by atoms with E-state index >= 15 is 0 Å². The van der Waals surface area contributed by atoms with Gasteiger partial charge in [-0.05, 0) is 12.1 Å². The predicted molar refractivity (Wildman–Crippen MR) is 74.5 cm³/mol. The van der Waals surface area contributed by atoms with Gasteiger partial charge in [-0.3, -0.25) is 0 Å². The summed E-state index contributed by atoms with van der Waals surface area (Å²) in [5.41, 5.74) is 0. The van der Waals surface area contributed by atoms with E-state index in [4.69, 9.17) is 9.15 Å². The van der Waals surface area contributed by atoms with Crippen molar-refractivity contribution in [1.82, 2.24) is 15.5 Å².